The molecule has 0 aromatic carbocycles. The van der Waals surface area contributed by atoms with Crippen molar-refractivity contribution in [3.05, 3.63) is 11.1 Å². The summed E-state index contributed by atoms with van der Waals surface area (Å²) in [5.74, 6) is 1.37. The molecule has 0 aliphatic heterocycles. The summed E-state index contributed by atoms with van der Waals surface area (Å²) >= 11 is 0. The Hall–Kier alpha value is -1.65. The number of carbonyl (C=O) groups is 3. The number of carbonyl (C=O) groups excluding carboxylic acids is 3. The maximum Gasteiger partial charge on any atom is 0.302 e. The van der Waals surface area contributed by atoms with Crippen LogP contribution in [0.5, 0.6) is 0 Å². The fourth-order valence-electron chi connectivity index (χ4n) is 11.8. The molecule has 0 heterocycles. The van der Waals surface area contributed by atoms with Crippen LogP contribution in [0.3, 0.4) is 0 Å². The zero-order chi connectivity index (χ0) is 31.4. The first-order chi connectivity index (χ1) is 19.2. The second kappa shape index (κ2) is 9.67. The van der Waals surface area contributed by atoms with Gasteiger partial charge in [0.2, 0.25) is 5.91 Å². The maximum atomic E-state index is 14.5. The van der Waals surface area contributed by atoms with E-state index in [2.05, 4.69) is 69.2 Å². The van der Waals surface area contributed by atoms with Crippen molar-refractivity contribution in [1.82, 2.24) is 4.90 Å². The summed E-state index contributed by atoms with van der Waals surface area (Å²) in [7, 11) is 1.94. The number of hydrogen-bond acceptors (Lipinski definition) is 4. The van der Waals surface area contributed by atoms with Crippen LogP contribution in [0.25, 0.3) is 0 Å². The van der Waals surface area contributed by atoms with E-state index in [1.165, 1.54) is 11.1 Å². The van der Waals surface area contributed by atoms with Crippen molar-refractivity contribution in [3.63, 3.8) is 0 Å². The highest BCUT2D eigenvalue weighted by Gasteiger charge is 2.70. The number of Topliss-reactive ketones (excluding diaryl/α,β-unsaturated/α-hetero) is 1. The topological polar surface area (TPSA) is 63.7 Å². The van der Waals surface area contributed by atoms with Crippen molar-refractivity contribution in [2.45, 2.75) is 146 Å². The van der Waals surface area contributed by atoms with Crippen LogP contribution in [0, 0.1) is 50.7 Å². The Morgan fingerprint density at radius 2 is 1.57 bits per heavy atom. The van der Waals surface area contributed by atoms with E-state index in [-0.39, 0.29) is 62.8 Å². The third-order valence-electron chi connectivity index (χ3n) is 14.3. The van der Waals surface area contributed by atoms with Gasteiger partial charge in [-0.15, -0.1) is 0 Å². The summed E-state index contributed by atoms with van der Waals surface area (Å²) in [6, 6.07) is 0. The fraction of sp³-hybridized carbons (Fsp3) is 0.865. The molecule has 3 unspecified atom stereocenters. The SMILES string of the molecule is CC(=O)O[C@H]1CC[C@@]2(C)C(CC[C@]3(C)C2CCC2=C4C(C(C)C)C(=O)C[C@]4(C(=O)N(C)C(C)(C)C)CC[C@]23C)C1(C)C. The number of esters is 1. The summed E-state index contributed by atoms with van der Waals surface area (Å²) < 4.78 is 5.92. The first kappa shape index (κ1) is 31.8. The molecule has 5 heteroatoms. The predicted molar refractivity (Wildman–Crippen MR) is 168 cm³/mol. The van der Waals surface area contributed by atoms with Gasteiger partial charge in [-0.1, -0.05) is 54.0 Å². The molecule has 1 amide bonds. The predicted octanol–water partition coefficient (Wildman–Crippen LogP) is 8.16. The van der Waals surface area contributed by atoms with Crippen molar-refractivity contribution in [1.29, 1.82) is 0 Å². The molecular weight excluding hydrogens is 522 g/mol. The standard InChI is InChI=1S/C37H59NO4/c1-22(2)29-25(40)21-37(31(41)38(12)32(4,5)6)20-19-35(10)24(30(29)37)13-14-27-34(9)17-16-28(42-23(3)39)33(7,8)26(34)15-18-36(27,35)11/h22,26-29H,13-21H2,1-12H3/t26?,27?,28-,29?,34-,35+,36+,37+/m0/s1. The van der Waals surface area contributed by atoms with Crippen LogP contribution in [-0.2, 0) is 19.1 Å². The van der Waals surface area contributed by atoms with Gasteiger partial charge in [-0.3, -0.25) is 14.4 Å². The van der Waals surface area contributed by atoms with Crippen LogP contribution in [-0.4, -0.2) is 41.3 Å². The Labute approximate surface area is 256 Å². The zero-order valence-electron chi connectivity index (χ0n) is 28.8. The quantitative estimate of drug-likeness (QED) is 0.249. The molecule has 236 valence electrons. The van der Waals surface area contributed by atoms with E-state index in [1.54, 1.807) is 6.92 Å². The second-order valence-electron chi connectivity index (χ2n) is 17.8. The Bertz CT molecular complexity index is 1210. The number of amides is 1. The molecule has 4 fully saturated rings. The molecule has 0 aromatic heterocycles. The molecule has 0 spiro atoms. The van der Waals surface area contributed by atoms with Crippen LogP contribution < -0.4 is 0 Å². The average molecular weight is 582 g/mol. The number of rotatable bonds is 3. The second-order valence-corrected chi connectivity index (χ2v) is 17.8. The normalized spacial score (nSPS) is 42.8. The van der Waals surface area contributed by atoms with E-state index < -0.39 is 5.41 Å². The fourth-order valence-corrected chi connectivity index (χ4v) is 11.8. The molecule has 5 aliphatic carbocycles. The Kier molecular flexibility index (Phi) is 7.32. The molecule has 4 saturated carbocycles. The van der Waals surface area contributed by atoms with Gasteiger partial charge in [-0.05, 0) is 112 Å². The lowest BCUT2D eigenvalue weighted by molar-refractivity contribution is -0.213. The lowest BCUT2D eigenvalue weighted by Crippen LogP contribution is -2.64. The lowest BCUT2D eigenvalue weighted by atomic mass is 9.34. The molecule has 42 heavy (non-hydrogen) atoms. The molecule has 0 saturated heterocycles. The molecule has 5 nitrogen and oxygen atoms in total. The van der Waals surface area contributed by atoms with Gasteiger partial charge in [-0.2, -0.15) is 0 Å². The highest BCUT2D eigenvalue weighted by molar-refractivity contribution is 6.00. The van der Waals surface area contributed by atoms with Crippen LogP contribution in [0.15, 0.2) is 11.1 Å². The first-order valence-corrected chi connectivity index (χ1v) is 16.9. The summed E-state index contributed by atoms with van der Waals surface area (Å²) in [5, 5.41) is 0. The molecule has 0 bridgehead atoms. The minimum atomic E-state index is -0.683. The number of hydrogen-bond donors (Lipinski definition) is 0. The van der Waals surface area contributed by atoms with E-state index in [0.717, 1.165) is 51.4 Å². The molecular formula is C37H59NO4. The van der Waals surface area contributed by atoms with Gasteiger partial charge >= 0.3 is 5.97 Å². The smallest absolute Gasteiger partial charge is 0.302 e. The maximum absolute atomic E-state index is 14.5. The summed E-state index contributed by atoms with van der Waals surface area (Å²) in [6.45, 7) is 24.5. The van der Waals surface area contributed by atoms with Gasteiger partial charge in [-0.25, -0.2) is 0 Å². The van der Waals surface area contributed by atoms with Crippen molar-refractivity contribution in [2.24, 2.45) is 50.7 Å². The highest BCUT2D eigenvalue weighted by atomic mass is 16.5. The number of fused-ring (bicyclic) bond motifs is 6. The van der Waals surface area contributed by atoms with Gasteiger partial charge in [0, 0.05) is 37.3 Å². The van der Waals surface area contributed by atoms with Crippen molar-refractivity contribution >= 4 is 17.7 Å². The molecule has 8 atom stereocenters. The number of nitrogens with zero attached hydrogens (tertiary/aromatic N) is 1. The van der Waals surface area contributed by atoms with Crippen LogP contribution in [0.1, 0.15) is 134 Å². The molecule has 0 N–H and O–H groups in total. The van der Waals surface area contributed by atoms with E-state index in [0.29, 0.717) is 18.3 Å². The molecule has 0 radical (unpaired) electrons. The number of allylic oxidation sites excluding steroid dienone is 1. The van der Waals surface area contributed by atoms with E-state index in [4.69, 9.17) is 4.74 Å². The lowest BCUT2D eigenvalue weighted by Gasteiger charge is -2.70. The first-order valence-electron chi connectivity index (χ1n) is 16.9. The molecule has 0 aromatic rings. The summed E-state index contributed by atoms with van der Waals surface area (Å²) in [5.41, 5.74) is 1.91. The van der Waals surface area contributed by atoms with Gasteiger partial charge in [0.05, 0.1) is 5.41 Å². The number of ketones is 1. The van der Waals surface area contributed by atoms with E-state index in [9.17, 15) is 14.4 Å². The van der Waals surface area contributed by atoms with Gasteiger partial charge in [0.25, 0.3) is 0 Å². The average Bonchev–Trinajstić information content (AvgIpc) is 3.17. The van der Waals surface area contributed by atoms with Crippen molar-refractivity contribution in [3.8, 4) is 0 Å². The van der Waals surface area contributed by atoms with Crippen molar-refractivity contribution in [2.75, 3.05) is 7.05 Å². The van der Waals surface area contributed by atoms with Gasteiger partial charge < -0.3 is 9.64 Å². The van der Waals surface area contributed by atoms with Crippen molar-refractivity contribution < 1.29 is 19.1 Å². The van der Waals surface area contributed by atoms with Crippen LogP contribution in [0.2, 0.25) is 0 Å². The highest BCUT2D eigenvalue weighted by Crippen LogP contribution is 2.76. The van der Waals surface area contributed by atoms with Gasteiger partial charge in [0.15, 0.2) is 0 Å². The Morgan fingerprint density at radius 3 is 2.14 bits per heavy atom. The van der Waals surface area contributed by atoms with E-state index >= 15 is 0 Å². The largest absolute Gasteiger partial charge is 0.462 e. The van der Waals surface area contributed by atoms with Gasteiger partial charge in [0.1, 0.15) is 11.9 Å². The van der Waals surface area contributed by atoms with Crippen LogP contribution in [0.4, 0.5) is 0 Å². The minimum Gasteiger partial charge on any atom is -0.462 e. The molecule has 5 rings (SSSR count). The van der Waals surface area contributed by atoms with E-state index in [1.807, 2.05) is 11.9 Å². The third kappa shape index (κ3) is 4.09. The number of ether oxygens (including phenoxy) is 1. The zero-order valence-corrected chi connectivity index (χ0v) is 28.8. The van der Waals surface area contributed by atoms with Crippen LogP contribution >= 0.6 is 0 Å². The minimum absolute atomic E-state index is 0.0216. The Balaban J connectivity index is 1.62. The monoisotopic (exact) mass is 581 g/mol. The summed E-state index contributed by atoms with van der Waals surface area (Å²) in [6.07, 6.45) is 8.50. The Morgan fingerprint density at radius 1 is 0.929 bits per heavy atom. The third-order valence-corrected chi connectivity index (χ3v) is 14.3. The summed E-state index contributed by atoms with van der Waals surface area (Å²) in [4.78, 5) is 42.3. The molecule has 5 aliphatic rings.